The van der Waals surface area contributed by atoms with Crippen molar-refractivity contribution in [2.75, 3.05) is 16.0 Å². The average Bonchev–Trinajstić information content (AvgIpc) is 3.42. The van der Waals surface area contributed by atoms with Gasteiger partial charge in [0.1, 0.15) is 0 Å². The van der Waals surface area contributed by atoms with E-state index in [0.717, 1.165) is 12.8 Å². The summed E-state index contributed by atoms with van der Waals surface area (Å²) in [6, 6.07) is 17.4. The second-order valence-corrected chi connectivity index (χ2v) is 7.76. The van der Waals surface area contributed by atoms with E-state index in [-0.39, 0.29) is 23.6 Å². The number of hydrogen-bond acceptors (Lipinski definition) is 4. The Labute approximate surface area is 172 Å². The van der Waals surface area contributed by atoms with Gasteiger partial charge in [0.2, 0.25) is 5.91 Å². The van der Waals surface area contributed by atoms with Gasteiger partial charge in [-0.1, -0.05) is 18.2 Å². The predicted octanol–water partition coefficient (Wildman–Crippen LogP) is 4.60. The van der Waals surface area contributed by atoms with Gasteiger partial charge in [-0.15, -0.1) is 11.3 Å². The number of nitrogens with one attached hydrogen (secondary N) is 3. The van der Waals surface area contributed by atoms with Gasteiger partial charge in [-0.2, -0.15) is 0 Å². The number of amides is 3. The van der Waals surface area contributed by atoms with E-state index in [2.05, 4.69) is 16.0 Å². The van der Waals surface area contributed by atoms with Crippen LogP contribution in [0.3, 0.4) is 0 Å². The van der Waals surface area contributed by atoms with Gasteiger partial charge in [-0.05, 0) is 60.7 Å². The van der Waals surface area contributed by atoms with Crippen LogP contribution in [0.15, 0.2) is 66.0 Å². The number of thiophene rings is 1. The largest absolute Gasteiger partial charge is 0.326 e. The highest BCUT2D eigenvalue weighted by Gasteiger charge is 2.29. The molecular weight excluding hydrogens is 386 g/mol. The van der Waals surface area contributed by atoms with Crippen molar-refractivity contribution in [2.45, 2.75) is 12.8 Å². The maximum Gasteiger partial charge on any atom is 0.265 e. The zero-order chi connectivity index (χ0) is 20.2. The molecule has 0 atom stereocenters. The van der Waals surface area contributed by atoms with E-state index in [4.69, 9.17) is 0 Å². The Kier molecular flexibility index (Phi) is 5.39. The molecule has 4 rings (SSSR count). The molecule has 1 aliphatic rings. The van der Waals surface area contributed by atoms with Crippen molar-refractivity contribution in [3.8, 4) is 0 Å². The van der Waals surface area contributed by atoms with Crippen LogP contribution in [0.25, 0.3) is 0 Å². The van der Waals surface area contributed by atoms with Crippen LogP contribution in [-0.4, -0.2) is 17.7 Å². The molecule has 0 spiro atoms. The lowest BCUT2D eigenvalue weighted by Crippen LogP contribution is -2.15. The third kappa shape index (κ3) is 4.89. The Balaban J connectivity index is 1.41. The Hall–Kier alpha value is -3.45. The summed E-state index contributed by atoms with van der Waals surface area (Å²) in [6.07, 6.45) is 1.84. The minimum absolute atomic E-state index is 0.00302. The fraction of sp³-hybridized carbons (Fsp3) is 0.136. The molecule has 1 fully saturated rings. The van der Waals surface area contributed by atoms with Gasteiger partial charge in [-0.3, -0.25) is 14.4 Å². The lowest BCUT2D eigenvalue weighted by molar-refractivity contribution is -0.117. The number of carbonyl (C=O) groups excluding carboxylic acids is 3. The van der Waals surface area contributed by atoms with Crippen LogP contribution in [0.5, 0.6) is 0 Å². The number of hydrogen-bond donors (Lipinski definition) is 3. The van der Waals surface area contributed by atoms with Crippen LogP contribution in [0.4, 0.5) is 17.1 Å². The summed E-state index contributed by atoms with van der Waals surface area (Å²) in [5.41, 5.74) is 2.19. The zero-order valence-corrected chi connectivity index (χ0v) is 16.3. The number of benzene rings is 2. The second kappa shape index (κ2) is 8.28. The SMILES string of the molecule is O=C(Nc1cccc(NC(=O)c2cccs2)c1)c1cccc(NC(=O)C2CC2)c1. The zero-order valence-electron chi connectivity index (χ0n) is 15.5. The van der Waals surface area contributed by atoms with E-state index in [1.165, 1.54) is 11.3 Å². The highest BCUT2D eigenvalue weighted by molar-refractivity contribution is 7.12. The number of rotatable bonds is 6. The molecule has 1 aromatic heterocycles. The number of anilines is 3. The van der Waals surface area contributed by atoms with Crippen LogP contribution in [0.1, 0.15) is 32.9 Å². The molecule has 3 N–H and O–H groups in total. The van der Waals surface area contributed by atoms with Gasteiger partial charge in [0.15, 0.2) is 0 Å². The smallest absolute Gasteiger partial charge is 0.265 e. The molecule has 0 unspecified atom stereocenters. The minimum atomic E-state index is -0.297. The summed E-state index contributed by atoms with van der Waals surface area (Å²) in [5.74, 6) is -0.395. The molecule has 0 radical (unpaired) electrons. The molecule has 146 valence electrons. The predicted molar refractivity (Wildman–Crippen MR) is 114 cm³/mol. The van der Waals surface area contributed by atoms with Crippen LogP contribution >= 0.6 is 11.3 Å². The Bertz CT molecular complexity index is 1060. The van der Waals surface area contributed by atoms with Crippen LogP contribution in [0.2, 0.25) is 0 Å². The molecule has 3 aromatic rings. The Morgan fingerprint density at radius 1 is 0.759 bits per heavy atom. The maximum atomic E-state index is 12.6. The molecule has 0 saturated heterocycles. The van der Waals surface area contributed by atoms with Gasteiger partial charge < -0.3 is 16.0 Å². The molecule has 1 aliphatic carbocycles. The van der Waals surface area contributed by atoms with Gasteiger partial charge in [0.25, 0.3) is 11.8 Å². The van der Waals surface area contributed by atoms with Crippen molar-refractivity contribution in [2.24, 2.45) is 5.92 Å². The van der Waals surface area contributed by atoms with Gasteiger partial charge in [0, 0.05) is 28.5 Å². The van der Waals surface area contributed by atoms with Crippen molar-refractivity contribution < 1.29 is 14.4 Å². The number of carbonyl (C=O) groups is 3. The normalized spacial score (nSPS) is 12.8. The molecule has 1 heterocycles. The molecule has 29 heavy (non-hydrogen) atoms. The molecule has 2 aromatic carbocycles. The monoisotopic (exact) mass is 405 g/mol. The van der Waals surface area contributed by atoms with Crippen molar-refractivity contribution in [3.05, 3.63) is 76.5 Å². The highest BCUT2D eigenvalue weighted by atomic mass is 32.1. The fourth-order valence-corrected chi connectivity index (χ4v) is 3.43. The summed E-state index contributed by atoms with van der Waals surface area (Å²) in [5, 5.41) is 10.3. The summed E-state index contributed by atoms with van der Waals surface area (Å²) in [6.45, 7) is 0. The Morgan fingerprint density at radius 2 is 1.41 bits per heavy atom. The van der Waals surface area contributed by atoms with Gasteiger partial charge in [-0.25, -0.2) is 0 Å². The molecule has 3 amide bonds. The van der Waals surface area contributed by atoms with E-state index in [9.17, 15) is 14.4 Å². The molecule has 6 nitrogen and oxygen atoms in total. The first kappa shape index (κ1) is 18.9. The first-order chi connectivity index (χ1) is 14.1. The molecule has 0 bridgehead atoms. The van der Waals surface area contributed by atoms with Gasteiger partial charge >= 0.3 is 0 Å². The summed E-state index contributed by atoms with van der Waals surface area (Å²) in [7, 11) is 0. The van der Waals surface area contributed by atoms with E-state index in [0.29, 0.717) is 27.5 Å². The molecular formula is C22H19N3O3S. The molecule has 7 heteroatoms. The lowest BCUT2D eigenvalue weighted by atomic mass is 10.1. The fourth-order valence-electron chi connectivity index (χ4n) is 2.81. The van der Waals surface area contributed by atoms with E-state index in [1.807, 2.05) is 11.4 Å². The quantitative estimate of drug-likeness (QED) is 0.560. The van der Waals surface area contributed by atoms with Crippen LogP contribution in [0, 0.1) is 5.92 Å². The summed E-state index contributed by atoms with van der Waals surface area (Å²) < 4.78 is 0. The average molecular weight is 405 g/mol. The standard InChI is InChI=1S/C22H19N3O3S/c26-20(14-9-10-14)23-16-5-1-4-15(12-16)21(27)24-17-6-2-7-18(13-17)25-22(28)19-8-3-11-29-19/h1-8,11-14H,9-10H2,(H,23,26)(H,24,27)(H,25,28). The lowest BCUT2D eigenvalue weighted by Gasteiger charge is -2.10. The third-order valence-electron chi connectivity index (χ3n) is 4.46. The third-order valence-corrected chi connectivity index (χ3v) is 5.33. The van der Waals surface area contributed by atoms with E-state index in [1.54, 1.807) is 54.6 Å². The summed E-state index contributed by atoms with van der Waals surface area (Å²) in [4.78, 5) is 37.3. The van der Waals surface area contributed by atoms with Crippen LogP contribution in [-0.2, 0) is 4.79 Å². The van der Waals surface area contributed by atoms with Gasteiger partial charge in [0.05, 0.1) is 4.88 Å². The maximum absolute atomic E-state index is 12.6. The highest BCUT2D eigenvalue weighted by Crippen LogP contribution is 2.30. The second-order valence-electron chi connectivity index (χ2n) is 6.81. The van der Waals surface area contributed by atoms with Crippen molar-refractivity contribution >= 4 is 46.1 Å². The van der Waals surface area contributed by atoms with Crippen molar-refractivity contribution in [1.29, 1.82) is 0 Å². The topological polar surface area (TPSA) is 87.3 Å². The van der Waals surface area contributed by atoms with Crippen LogP contribution < -0.4 is 16.0 Å². The van der Waals surface area contributed by atoms with E-state index < -0.39 is 0 Å². The van der Waals surface area contributed by atoms with E-state index >= 15 is 0 Å². The first-order valence-corrected chi connectivity index (χ1v) is 10.1. The summed E-state index contributed by atoms with van der Waals surface area (Å²) >= 11 is 1.36. The minimum Gasteiger partial charge on any atom is -0.326 e. The molecule has 1 saturated carbocycles. The van der Waals surface area contributed by atoms with Crippen molar-refractivity contribution in [1.82, 2.24) is 0 Å². The molecule has 0 aliphatic heterocycles. The first-order valence-electron chi connectivity index (χ1n) is 9.26. The van der Waals surface area contributed by atoms with Crippen molar-refractivity contribution in [3.63, 3.8) is 0 Å². The Morgan fingerprint density at radius 3 is 2.07 bits per heavy atom.